The molecule has 2 amide bonds. The number of alkyl halides is 3. The van der Waals surface area contributed by atoms with E-state index in [1.807, 2.05) is 18.2 Å². The molecule has 1 aromatic carbocycles. The van der Waals surface area contributed by atoms with Gasteiger partial charge in [0, 0.05) is 34.8 Å². The van der Waals surface area contributed by atoms with Crippen LogP contribution in [0.5, 0.6) is 0 Å². The number of nitriles is 1. The number of piperidine rings is 1. The Labute approximate surface area is 279 Å². The molecule has 4 aromatic rings. The van der Waals surface area contributed by atoms with Crippen LogP contribution >= 0.6 is 0 Å². The van der Waals surface area contributed by atoms with Crippen LogP contribution in [0.2, 0.25) is 0 Å². The third-order valence-corrected chi connectivity index (χ3v) is 9.65. The molecule has 3 aromatic heterocycles. The molecule has 252 valence electrons. The van der Waals surface area contributed by atoms with E-state index in [1.54, 1.807) is 26.2 Å². The minimum Gasteiger partial charge on any atom is -0.377 e. The van der Waals surface area contributed by atoms with Crippen molar-refractivity contribution >= 4 is 28.5 Å². The first-order valence-electron chi connectivity index (χ1n) is 16.1. The Hall–Kier alpha value is -5.16. The van der Waals surface area contributed by atoms with Gasteiger partial charge in [-0.25, -0.2) is 15.0 Å². The van der Waals surface area contributed by atoms with Gasteiger partial charge in [0.05, 0.1) is 18.7 Å². The number of hydrogen-bond acceptors (Lipinski definition) is 8. The number of anilines is 1. The smallest absolute Gasteiger partial charge is 0.377 e. The monoisotopic (exact) mass is 670 g/mol. The van der Waals surface area contributed by atoms with Gasteiger partial charge in [0.1, 0.15) is 36.0 Å². The number of aromatic nitrogens is 5. The van der Waals surface area contributed by atoms with Crippen molar-refractivity contribution in [1.82, 2.24) is 29.6 Å². The van der Waals surface area contributed by atoms with Crippen molar-refractivity contribution in [2.24, 2.45) is 5.41 Å². The van der Waals surface area contributed by atoms with Crippen LogP contribution in [0.4, 0.5) is 19.0 Å². The zero-order valence-corrected chi connectivity index (χ0v) is 26.9. The number of carbonyl (C=O) groups excluding carboxylic acids is 2. The standard InChI is InChI=1S/C35H33F3N8O3/c1-20-8-9-28(35(36,37)38)42-32(20)43-33(48)27-13-34-14-29(34)46(27)30(47)18-45-31-22(7-5-3-4-6-10-49-19-34)11-23(12-25(31)26(15-39)44-45)24-16-40-21(2)41-17-24/h4,6,8-9,11-12,16-17,27,29H,3,5,7,10,13-14,18-19H2,1-2H3,(H,42,43,48)/b6-4-/t27-,29+,34-/m0/s1. The summed E-state index contributed by atoms with van der Waals surface area (Å²) in [6.07, 6.45) is 5.91. The van der Waals surface area contributed by atoms with Crippen LogP contribution in [0.15, 0.2) is 48.8 Å². The fourth-order valence-electron chi connectivity index (χ4n) is 7.07. The maximum absolute atomic E-state index is 14.3. The van der Waals surface area contributed by atoms with E-state index < -0.39 is 29.2 Å². The summed E-state index contributed by atoms with van der Waals surface area (Å²) < 4.78 is 47.8. The zero-order chi connectivity index (χ0) is 34.5. The van der Waals surface area contributed by atoms with Crippen molar-refractivity contribution in [1.29, 1.82) is 5.26 Å². The summed E-state index contributed by atoms with van der Waals surface area (Å²) >= 11 is 0. The number of benzene rings is 1. The Morgan fingerprint density at radius 1 is 1.12 bits per heavy atom. The molecule has 2 bridgehead atoms. The van der Waals surface area contributed by atoms with Crippen LogP contribution in [0.1, 0.15) is 54.0 Å². The van der Waals surface area contributed by atoms with E-state index in [-0.39, 0.29) is 36.4 Å². The predicted molar refractivity (Wildman–Crippen MR) is 172 cm³/mol. The van der Waals surface area contributed by atoms with Crippen molar-refractivity contribution in [3.63, 3.8) is 0 Å². The first kappa shape index (κ1) is 32.4. The number of nitrogens with zero attached hydrogens (tertiary/aromatic N) is 7. The average molecular weight is 671 g/mol. The minimum atomic E-state index is -4.69. The van der Waals surface area contributed by atoms with Crippen LogP contribution in [-0.2, 0) is 33.5 Å². The molecule has 2 aliphatic heterocycles. The number of allylic oxidation sites excluding steroid dienone is 1. The number of hydrogen-bond donors (Lipinski definition) is 1. The highest BCUT2D eigenvalue weighted by molar-refractivity contribution is 5.98. The highest BCUT2D eigenvalue weighted by atomic mass is 19.4. The van der Waals surface area contributed by atoms with Gasteiger partial charge in [-0.3, -0.25) is 14.3 Å². The highest BCUT2D eigenvalue weighted by Crippen LogP contribution is 2.60. The Morgan fingerprint density at radius 3 is 2.67 bits per heavy atom. The molecule has 14 heteroatoms. The van der Waals surface area contributed by atoms with Crippen LogP contribution < -0.4 is 5.32 Å². The molecule has 1 saturated heterocycles. The molecule has 0 spiro atoms. The summed E-state index contributed by atoms with van der Waals surface area (Å²) in [5.41, 5.74) is 2.09. The van der Waals surface area contributed by atoms with Gasteiger partial charge >= 0.3 is 6.18 Å². The summed E-state index contributed by atoms with van der Waals surface area (Å²) in [4.78, 5) is 41.9. The SMILES string of the molecule is Cc1ncc(-c2cc3c4c(c2)c(C#N)nn4CC(=O)N2[C@H](C(=O)Nc4nc(C(F)(F)F)ccc4C)C[C@@]4(COC/C=C\CCC3)C[C@@H]24)cn1. The Morgan fingerprint density at radius 2 is 1.92 bits per heavy atom. The second-order valence-electron chi connectivity index (χ2n) is 13.0. The van der Waals surface area contributed by atoms with Gasteiger partial charge in [0.15, 0.2) is 5.69 Å². The molecule has 3 aliphatic rings. The molecule has 11 nitrogen and oxygen atoms in total. The number of nitrogens with one attached hydrogen (secondary N) is 1. The van der Waals surface area contributed by atoms with Crippen molar-refractivity contribution in [3.05, 3.63) is 77.2 Å². The molecule has 0 unspecified atom stereocenters. The van der Waals surface area contributed by atoms with Gasteiger partial charge in [0.2, 0.25) is 11.8 Å². The summed E-state index contributed by atoms with van der Waals surface area (Å²) in [6, 6.07) is 6.89. The first-order chi connectivity index (χ1) is 23.5. The number of rotatable bonds is 3. The molecule has 49 heavy (non-hydrogen) atoms. The van der Waals surface area contributed by atoms with Gasteiger partial charge in [-0.15, -0.1) is 0 Å². The van der Waals surface area contributed by atoms with E-state index in [4.69, 9.17) is 4.74 Å². The van der Waals surface area contributed by atoms with E-state index in [9.17, 15) is 28.0 Å². The molecule has 7 rings (SSSR count). The lowest BCUT2D eigenvalue weighted by Crippen LogP contribution is -2.47. The van der Waals surface area contributed by atoms with E-state index in [0.29, 0.717) is 48.3 Å². The minimum absolute atomic E-state index is 0.160. The fraction of sp³-hybridized carbons (Fsp3) is 0.400. The Bertz CT molecular complexity index is 2030. The Kier molecular flexibility index (Phi) is 8.18. The molecule has 0 radical (unpaired) electrons. The summed E-state index contributed by atoms with van der Waals surface area (Å²) in [7, 11) is 0. The average Bonchev–Trinajstić information content (AvgIpc) is 3.48. The van der Waals surface area contributed by atoms with Gasteiger partial charge < -0.3 is 15.0 Å². The maximum atomic E-state index is 14.3. The maximum Gasteiger partial charge on any atom is 0.433 e. The number of carbonyl (C=O) groups is 2. The fourth-order valence-corrected chi connectivity index (χ4v) is 7.07. The molecular formula is C35H33F3N8O3. The van der Waals surface area contributed by atoms with Gasteiger partial charge in [0.25, 0.3) is 0 Å². The van der Waals surface area contributed by atoms with Gasteiger partial charge in [-0.2, -0.15) is 23.5 Å². The first-order valence-corrected chi connectivity index (χ1v) is 16.1. The van der Waals surface area contributed by atoms with E-state index in [0.717, 1.165) is 35.6 Å². The van der Waals surface area contributed by atoms with Crippen molar-refractivity contribution in [2.75, 3.05) is 18.5 Å². The van der Waals surface area contributed by atoms with Crippen molar-refractivity contribution < 1.29 is 27.5 Å². The number of ether oxygens (including phenoxy) is 1. The topological polar surface area (TPSA) is 139 Å². The second kappa shape index (κ2) is 12.4. The lowest BCUT2D eigenvalue weighted by atomic mass is 9.98. The lowest BCUT2D eigenvalue weighted by molar-refractivity contribution is -0.141. The molecular weight excluding hydrogens is 637 g/mol. The van der Waals surface area contributed by atoms with Crippen molar-refractivity contribution in [2.45, 2.75) is 70.8 Å². The van der Waals surface area contributed by atoms with Crippen LogP contribution in [0.25, 0.3) is 22.0 Å². The number of pyridine rings is 1. The molecule has 1 saturated carbocycles. The van der Waals surface area contributed by atoms with Gasteiger partial charge in [-0.1, -0.05) is 18.2 Å². The normalized spacial score (nSPS) is 23.2. The third-order valence-electron chi connectivity index (χ3n) is 9.65. The predicted octanol–water partition coefficient (Wildman–Crippen LogP) is 5.30. The summed E-state index contributed by atoms with van der Waals surface area (Å²) in [5.74, 6) is -0.590. The number of aryl methyl sites for hydroxylation is 3. The third kappa shape index (κ3) is 6.14. The molecule has 2 fully saturated rings. The molecule has 3 atom stereocenters. The number of amides is 2. The van der Waals surface area contributed by atoms with E-state index in [1.165, 1.54) is 15.6 Å². The van der Waals surface area contributed by atoms with Crippen molar-refractivity contribution in [3.8, 4) is 17.2 Å². The van der Waals surface area contributed by atoms with Crippen LogP contribution in [0, 0.1) is 30.6 Å². The molecule has 1 N–H and O–H groups in total. The van der Waals surface area contributed by atoms with E-state index >= 15 is 0 Å². The quantitative estimate of drug-likeness (QED) is 0.290. The summed E-state index contributed by atoms with van der Waals surface area (Å²) in [6.45, 7) is 3.82. The second-order valence-corrected chi connectivity index (χ2v) is 13.0. The lowest BCUT2D eigenvalue weighted by Gasteiger charge is -2.27. The molecule has 1 aliphatic carbocycles. The largest absolute Gasteiger partial charge is 0.433 e. The van der Waals surface area contributed by atoms with E-state index in [2.05, 4.69) is 37.5 Å². The summed E-state index contributed by atoms with van der Waals surface area (Å²) in [5, 5.41) is 17.8. The molecule has 5 heterocycles. The number of halogens is 3. The van der Waals surface area contributed by atoms with Gasteiger partial charge in [-0.05, 0) is 80.8 Å². The Balaban J connectivity index is 1.26. The van der Waals surface area contributed by atoms with Crippen LogP contribution in [-0.4, -0.2) is 66.7 Å². The zero-order valence-electron chi connectivity index (χ0n) is 26.9. The van der Waals surface area contributed by atoms with Crippen LogP contribution in [0.3, 0.4) is 0 Å². The highest BCUT2D eigenvalue weighted by Gasteiger charge is 2.67.